The molecule has 0 aromatic heterocycles. The van der Waals surface area contributed by atoms with Crippen LogP contribution in [0.25, 0.3) is 0 Å². The lowest BCUT2D eigenvalue weighted by Gasteiger charge is -2.38. The summed E-state index contributed by atoms with van der Waals surface area (Å²) in [6, 6.07) is 7.35. The number of ether oxygens (including phenoxy) is 3. The van der Waals surface area contributed by atoms with Crippen LogP contribution in [-0.4, -0.2) is 57.6 Å². The number of hydrogen-bond acceptors (Lipinski definition) is 10. The summed E-state index contributed by atoms with van der Waals surface area (Å²) in [7, 11) is 0. The van der Waals surface area contributed by atoms with Crippen molar-refractivity contribution in [3.05, 3.63) is 52.1 Å². The van der Waals surface area contributed by atoms with E-state index in [1.165, 1.54) is 0 Å². The van der Waals surface area contributed by atoms with E-state index in [1.54, 1.807) is 27.7 Å². The van der Waals surface area contributed by atoms with Gasteiger partial charge in [0.25, 0.3) is 5.24 Å². The summed E-state index contributed by atoms with van der Waals surface area (Å²) in [5.41, 5.74) is 2.64. The lowest BCUT2D eigenvalue weighted by molar-refractivity contribution is -0.160. The Hall–Kier alpha value is -3.73. The number of imide groups is 1. The first-order valence-electron chi connectivity index (χ1n) is 13.3. The molecule has 2 aliphatic heterocycles. The second-order valence-corrected chi connectivity index (χ2v) is 12.7. The number of esters is 1. The predicted octanol–water partition coefficient (Wildman–Crippen LogP) is 4.89. The largest absolute Gasteiger partial charge is 0.507 e. The van der Waals surface area contributed by atoms with Crippen molar-refractivity contribution in [2.45, 2.75) is 77.8 Å². The number of amides is 2. The molecular formula is C30H36N2O8S. The zero-order valence-electron chi connectivity index (χ0n) is 24.4. The van der Waals surface area contributed by atoms with E-state index in [4.69, 9.17) is 19.0 Å². The molecule has 0 spiro atoms. The number of rotatable bonds is 8. The molecule has 2 aromatic carbocycles. The van der Waals surface area contributed by atoms with Crippen molar-refractivity contribution in [1.82, 2.24) is 5.32 Å². The van der Waals surface area contributed by atoms with E-state index in [0.29, 0.717) is 40.3 Å². The Balaban J connectivity index is 1.51. The molecular weight excluding hydrogens is 548 g/mol. The summed E-state index contributed by atoms with van der Waals surface area (Å²) in [6.45, 7) is 12.5. The normalized spacial score (nSPS) is 21.2. The number of fused-ring (bicyclic) bond motifs is 1. The van der Waals surface area contributed by atoms with Crippen molar-refractivity contribution in [2.75, 3.05) is 13.2 Å². The summed E-state index contributed by atoms with van der Waals surface area (Å²) in [4.78, 5) is 40.9. The minimum atomic E-state index is -0.848. The average molecular weight is 585 g/mol. The number of thioether (sulfide) groups is 1. The topological polar surface area (TPSA) is 133 Å². The Morgan fingerprint density at radius 1 is 1.15 bits per heavy atom. The number of aromatic hydroxyl groups is 1. The Morgan fingerprint density at radius 3 is 2.44 bits per heavy atom. The molecule has 2 aromatic rings. The van der Waals surface area contributed by atoms with Crippen LogP contribution < -0.4 is 14.8 Å². The minimum Gasteiger partial charge on any atom is -0.507 e. The highest BCUT2D eigenvalue weighted by Gasteiger charge is 2.40. The second kappa shape index (κ2) is 11.6. The molecule has 2 amide bonds. The molecule has 220 valence electrons. The van der Waals surface area contributed by atoms with Gasteiger partial charge in [-0.3, -0.25) is 14.9 Å². The number of nitrogens with zero attached hydrogens (tertiary/aromatic N) is 1. The molecule has 1 fully saturated rings. The Morgan fingerprint density at radius 2 is 1.83 bits per heavy atom. The zero-order chi connectivity index (χ0) is 30.1. The standard InChI is InChI=1S/C30H36N2O8S/c1-16-17(2)26-24(18(3)25(16)34)21(32-38-14-23(33)39-29(4,5)6)13-30(7,40-26)15-37-20-10-8-19(9-11-20)12-22-27(35)31-28(36)41-22/h8-11,22,34H,12-15H2,1-7H3,(H,31,35,36)/b32-21+. The zero-order valence-corrected chi connectivity index (χ0v) is 25.2. The number of carbonyl (C=O) groups is 3. The first kappa shape index (κ1) is 30.2. The number of phenols is 1. The van der Waals surface area contributed by atoms with Gasteiger partial charge >= 0.3 is 5.97 Å². The third-order valence-electron chi connectivity index (χ3n) is 6.83. The van der Waals surface area contributed by atoms with Crippen LogP contribution in [0, 0.1) is 20.8 Å². The summed E-state index contributed by atoms with van der Waals surface area (Å²) >= 11 is 0.999. The van der Waals surface area contributed by atoms with Crippen molar-refractivity contribution in [1.29, 1.82) is 0 Å². The maximum Gasteiger partial charge on any atom is 0.347 e. The fraction of sp³-hybridized carbons (Fsp3) is 0.467. The van der Waals surface area contributed by atoms with Crippen LogP contribution in [0.3, 0.4) is 0 Å². The SMILES string of the molecule is Cc1c(C)c2c(c(C)c1O)/C(=N/OCC(=O)OC(C)(C)C)CC(C)(COc1ccc(CC3SC(=O)NC3=O)cc1)O2. The van der Waals surface area contributed by atoms with E-state index in [9.17, 15) is 19.5 Å². The average Bonchev–Trinajstić information content (AvgIpc) is 3.20. The highest BCUT2D eigenvalue weighted by Crippen LogP contribution is 2.43. The lowest BCUT2D eigenvalue weighted by atomic mass is 9.86. The maximum absolute atomic E-state index is 12.2. The molecule has 2 aliphatic rings. The van der Waals surface area contributed by atoms with Crippen LogP contribution in [0.1, 0.15) is 61.9 Å². The number of phenolic OH excluding ortho intramolecular Hbond substituents is 1. The first-order valence-corrected chi connectivity index (χ1v) is 14.2. The molecule has 11 heteroatoms. The summed E-state index contributed by atoms with van der Waals surface area (Å²) in [5, 5.41) is 16.6. The van der Waals surface area contributed by atoms with Gasteiger partial charge in [0, 0.05) is 17.5 Å². The molecule has 2 N–H and O–H groups in total. The Labute approximate surface area is 243 Å². The monoisotopic (exact) mass is 584 g/mol. The van der Waals surface area contributed by atoms with Crippen molar-refractivity contribution in [3.63, 3.8) is 0 Å². The van der Waals surface area contributed by atoms with Crippen LogP contribution in [-0.2, 0) is 25.6 Å². The van der Waals surface area contributed by atoms with E-state index in [-0.39, 0.29) is 36.5 Å². The van der Waals surface area contributed by atoms with Gasteiger partial charge in [0.05, 0.1) is 11.0 Å². The highest BCUT2D eigenvalue weighted by atomic mass is 32.2. The van der Waals surface area contributed by atoms with Crippen LogP contribution in [0.5, 0.6) is 17.2 Å². The quantitative estimate of drug-likeness (QED) is 0.329. The van der Waals surface area contributed by atoms with Gasteiger partial charge in [-0.15, -0.1) is 0 Å². The molecule has 2 atom stereocenters. The molecule has 1 saturated heterocycles. The van der Waals surface area contributed by atoms with Gasteiger partial charge in [-0.05, 0) is 83.7 Å². The van der Waals surface area contributed by atoms with Gasteiger partial charge in [0.1, 0.15) is 35.1 Å². The molecule has 0 saturated carbocycles. The van der Waals surface area contributed by atoms with E-state index in [1.807, 2.05) is 45.0 Å². The van der Waals surface area contributed by atoms with Gasteiger partial charge in [0.15, 0.2) is 0 Å². The van der Waals surface area contributed by atoms with E-state index in [0.717, 1.165) is 22.9 Å². The molecule has 0 aliphatic carbocycles. The van der Waals surface area contributed by atoms with E-state index >= 15 is 0 Å². The minimum absolute atomic E-state index is 0.155. The molecule has 10 nitrogen and oxygen atoms in total. The Bertz CT molecular complexity index is 1400. The van der Waals surface area contributed by atoms with Gasteiger partial charge < -0.3 is 24.2 Å². The molecule has 4 rings (SSSR count). The fourth-order valence-electron chi connectivity index (χ4n) is 4.70. The number of benzene rings is 2. The van der Waals surface area contributed by atoms with Crippen LogP contribution in [0.15, 0.2) is 29.4 Å². The number of oxime groups is 1. The van der Waals surface area contributed by atoms with Crippen LogP contribution in [0.4, 0.5) is 4.79 Å². The van der Waals surface area contributed by atoms with Gasteiger partial charge in [-0.2, -0.15) is 0 Å². The molecule has 0 bridgehead atoms. The highest BCUT2D eigenvalue weighted by molar-refractivity contribution is 8.15. The molecule has 2 unspecified atom stereocenters. The smallest absolute Gasteiger partial charge is 0.347 e. The summed E-state index contributed by atoms with van der Waals surface area (Å²) < 4.78 is 17.9. The Kier molecular flexibility index (Phi) is 8.58. The molecule has 0 radical (unpaired) electrons. The van der Waals surface area contributed by atoms with Crippen molar-refractivity contribution in [2.24, 2.45) is 5.16 Å². The van der Waals surface area contributed by atoms with Crippen molar-refractivity contribution >= 4 is 34.6 Å². The van der Waals surface area contributed by atoms with Gasteiger partial charge in [-0.1, -0.05) is 29.1 Å². The maximum atomic E-state index is 12.2. The van der Waals surface area contributed by atoms with Crippen molar-refractivity contribution in [3.8, 4) is 17.2 Å². The van der Waals surface area contributed by atoms with Crippen molar-refractivity contribution < 1.29 is 38.5 Å². The fourth-order valence-corrected chi connectivity index (χ4v) is 5.56. The van der Waals surface area contributed by atoms with E-state index < -0.39 is 22.4 Å². The first-order chi connectivity index (χ1) is 19.2. The van der Waals surface area contributed by atoms with Gasteiger partial charge in [-0.25, -0.2) is 4.79 Å². The summed E-state index contributed by atoms with van der Waals surface area (Å²) in [5.74, 6) is 0.527. The van der Waals surface area contributed by atoms with Gasteiger partial charge in [0.2, 0.25) is 12.5 Å². The number of nitrogens with one attached hydrogen (secondary N) is 1. The third kappa shape index (κ3) is 7.13. The second-order valence-electron chi connectivity index (χ2n) is 11.6. The van der Waals surface area contributed by atoms with E-state index in [2.05, 4.69) is 10.5 Å². The third-order valence-corrected chi connectivity index (χ3v) is 7.81. The molecule has 41 heavy (non-hydrogen) atoms. The number of carbonyl (C=O) groups excluding carboxylic acids is 3. The van der Waals surface area contributed by atoms with Crippen LogP contribution in [0.2, 0.25) is 0 Å². The summed E-state index contributed by atoms with van der Waals surface area (Å²) in [6.07, 6.45) is 0.727. The van der Waals surface area contributed by atoms with Crippen LogP contribution >= 0.6 is 11.8 Å². The molecule has 2 heterocycles. The predicted molar refractivity (Wildman–Crippen MR) is 155 cm³/mol. The number of hydrogen-bond donors (Lipinski definition) is 2. The lowest BCUT2D eigenvalue weighted by Crippen LogP contribution is -2.45.